The van der Waals surface area contributed by atoms with Gasteiger partial charge in [0.05, 0.1) is 5.56 Å². The lowest BCUT2D eigenvalue weighted by Crippen LogP contribution is -2.51. The van der Waals surface area contributed by atoms with Gasteiger partial charge in [-0.3, -0.25) is 0 Å². The Labute approximate surface area is 105 Å². The van der Waals surface area contributed by atoms with Gasteiger partial charge in [-0.2, -0.15) is 13.2 Å². The van der Waals surface area contributed by atoms with E-state index in [0.717, 1.165) is 18.9 Å². The number of piperidine rings is 1. The molecule has 2 rings (SSSR count). The third kappa shape index (κ3) is 2.46. The molecule has 1 aliphatic rings. The molecule has 2 nitrogen and oxygen atoms in total. The van der Waals surface area contributed by atoms with Crippen LogP contribution in [0.3, 0.4) is 0 Å². The molecule has 2 N–H and O–H groups in total. The molecule has 1 saturated heterocycles. The first-order valence-electron chi connectivity index (χ1n) is 6.09. The number of halogens is 3. The number of hydrogen-bond donors (Lipinski definition) is 1. The van der Waals surface area contributed by atoms with E-state index in [2.05, 4.69) is 0 Å². The Balaban J connectivity index is 2.38. The first-order chi connectivity index (χ1) is 8.41. The van der Waals surface area contributed by atoms with Gasteiger partial charge in [0.15, 0.2) is 0 Å². The summed E-state index contributed by atoms with van der Waals surface area (Å²) in [6.07, 6.45) is -2.62. The highest BCUT2D eigenvalue weighted by molar-refractivity contribution is 5.56. The van der Waals surface area contributed by atoms with E-state index < -0.39 is 11.7 Å². The van der Waals surface area contributed by atoms with Crippen molar-refractivity contribution in [3.8, 4) is 0 Å². The van der Waals surface area contributed by atoms with Gasteiger partial charge < -0.3 is 10.6 Å². The van der Waals surface area contributed by atoms with Crippen LogP contribution >= 0.6 is 0 Å². The number of rotatable bonds is 1. The molecule has 1 aliphatic heterocycles. The quantitative estimate of drug-likeness (QED) is 0.839. The number of para-hydroxylation sites is 1. The van der Waals surface area contributed by atoms with Gasteiger partial charge in [0.1, 0.15) is 0 Å². The summed E-state index contributed by atoms with van der Waals surface area (Å²) >= 11 is 0. The van der Waals surface area contributed by atoms with E-state index in [9.17, 15) is 13.2 Å². The van der Waals surface area contributed by atoms with Crippen LogP contribution in [0.1, 0.15) is 25.3 Å². The average molecular weight is 258 g/mol. The Bertz CT molecular complexity index is 417. The summed E-state index contributed by atoms with van der Waals surface area (Å²) in [5.74, 6) is 0. The van der Waals surface area contributed by atoms with Crippen LogP contribution in [0.4, 0.5) is 18.9 Å². The number of alkyl halides is 3. The van der Waals surface area contributed by atoms with E-state index in [4.69, 9.17) is 5.73 Å². The standard InChI is InChI=1S/C13H17F3N2/c1-9-11(17)6-4-8-18(9)12-7-3-2-5-10(12)13(14,15)16/h2-3,5,7,9,11H,4,6,8,17H2,1H3. The van der Waals surface area contributed by atoms with Gasteiger partial charge in [-0.05, 0) is 31.9 Å². The maximum atomic E-state index is 13.0. The number of nitrogens with two attached hydrogens (primary N) is 1. The number of nitrogens with zero attached hydrogens (tertiary/aromatic N) is 1. The van der Waals surface area contributed by atoms with Crippen LogP contribution in [0.5, 0.6) is 0 Å². The zero-order chi connectivity index (χ0) is 13.3. The fourth-order valence-corrected chi connectivity index (χ4v) is 2.48. The molecule has 1 aromatic carbocycles. The van der Waals surface area contributed by atoms with Crippen molar-refractivity contribution in [1.29, 1.82) is 0 Å². The van der Waals surface area contributed by atoms with Crippen LogP contribution in [0.25, 0.3) is 0 Å². The molecule has 2 atom stereocenters. The SMILES string of the molecule is CC1C(N)CCCN1c1ccccc1C(F)(F)F. The summed E-state index contributed by atoms with van der Waals surface area (Å²) in [7, 11) is 0. The summed E-state index contributed by atoms with van der Waals surface area (Å²) in [5.41, 5.74) is 5.61. The monoisotopic (exact) mass is 258 g/mol. The predicted octanol–water partition coefficient (Wildman–Crippen LogP) is 3.02. The topological polar surface area (TPSA) is 29.3 Å². The molecular weight excluding hydrogens is 241 g/mol. The molecule has 1 fully saturated rings. The van der Waals surface area contributed by atoms with E-state index in [1.807, 2.05) is 6.92 Å². The fourth-order valence-electron chi connectivity index (χ4n) is 2.48. The molecule has 1 heterocycles. The molecule has 0 spiro atoms. The predicted molar refractivity (Wildman–Crippen MR) is 65.5 cm³/mol. The van der Waals surface area contributed by atoms with Crippen molar-refractivity contribution in [2.45, 2.75) is 38.0 Å². The van der Waals surface area contributed by atoms with Gasteiger partial charge in [-0.1, -0.05) is 12.1 Å². The second-order valence-corrected chi connectivity index (χ2v) is 4.75. The molecule has 1 aromatic rings. The van der Waals surface area contributed by atoms with Crippen LogP contribution in [0.2, 0.25) is 0 Å². The van der Waals surface area contributed by atoms with E-state index in [1.165, 1.54) is 12.1 Å². The fraction of sp³-hybridized carbons (Fsp3) is 0.538. The van der Waals surface area contributed by atoms with Crippen molar-refractivity contribution < 1.29 is 13.2 Å². The summed E-state index contributed by atoms with van der Waals surface area (Å²) in [4.78, 5) is 1.77. The van der Waals surface area contributed by atoms with E-state index in [1.54, 1.807) is 11.0 Å². The summed E-state index contributed by atoms with van der Waals surface area (Å²) in [5, 5.41) is 0. The first kappa shape index (κ1) is 13.2. The van der Waals surface area contributed by atoms with E-state index in [0.29, 0.717) is 6.54 Å². The zero-order valence-corrected chi connectivity index (χ0v) is 10.2. The molecule has 2 unspecified atom stereocenters. The van der Waals surface area contributed by atoms with Crippen molar-refractivity contribution in [2.75, 3.05) is 11.4 Å². The van der Waals surface area contributed by atoms with Gasteiger partial charge in [-0.15, -0.1) is 0 Å². The summed E-state index contributed by atoms with van der Waals surface area (Å²) in [6, 6.07) is 5.57. The summed E-state index contributed by atoms with van der Waals surface area (Å²) < 4.78 is 38.9. The molecule has 0 bridgehead atoms. The Kier molecular flexibility index (Phi) is 3.52. The second kappa shape index (κ2) is 4.80. The Hall–Kier alpha value is -1.23. The smallest absolute Gasteiger partial charge is 0.367 e. The molecular formula is C13H17F3N2. The van der Waals surface area contributed by atoms with Crippen LogP contribution in [0, 0.1) is 0 Å². The van der Waals surface area contributed by atoms with Crippen LogP contribution in [-0.4, -0.2) is 18.6 Å². The second-order valence-electron chi connectivity index (χ2n) is 4.75. The molecule has 5 heteroatoms. The Morgan fingerprint density at radius 3 is 2.61 bits per heavy atom. The highest BCUT2D eigenvalue weighted by Gasteiger charge is 2.36. The number of hydrogen-bond acceptors (Lipinski definition) is 2. The zero-order valence-electron chi connectivity index (χ0n) is 10.2. The minimum Gasteiger partial charge on any atom is -0.367 e. The lowest BCUT2D eigenvalue weighted by atomic mass is 9.96. The lowest BCUT2D eigenvalue weighted by molar-refractivity contribution is -0.137. The molecule has 18 heavy (non-hydrogen) atoms. The van der Waals surface area contributed by atoms with E-state index in [-0.39, 0.29) is 17.8 Å². The maximum absolute atomic E-state index is 13.0. The third-order valence-electron chi connectivity index (χ3n) is 3.57. The molecule has 0 aliphatic carbocycles. The highest BCUT2D eigenvalue weighted by atomic mass is 19.4. The van der Waals surface area contributed by atoms with Gasteiger partial charge in [0.2, 0.25) is 0 Å². The molecule has 0 aromatic heterocycles. The van der Waals surface area contributed by atoms with Crippen LogP contribution < -0.4 is 10.6 Å². The van der Waals surface area contributed by atoms with Gasteiger partial charge in [0, 0.05) is 24.3 Å². The molecule has 100 valence electrons. The van der Waals surface area contributed by atoms with Crippen molar-refractivity contribution in [1.82, 2.24) is 0 Å². The summed E-state index contributed by atoms with van der Waals surface area (Å²) in [6.45, 7) is 2.51. The minimum absolute atomic E-state index is 0.0674. The molecule has 0 saturated carbocycles. The van der Waals surface area contributed by atoms with Crippen molar-refractivity contribution in [3.05, 3.63) is 29.8 Å². The van der Waals surface area contributed by atoms with Crippen molar-refractivity contribution in [3.63, 3.8) is 0 Å². The Morgan fingerprint density at radius 1 is 1.28 bits per heavy atom. The molecule has 0 amide bonds. The molecule has 0 radical (unpaired) electrons. The van der Waals surface area contributed by atoms with Gasteiger partial charge >= 0.3 is 6.18 Å². The van der Waals surface area contributed by atoms with E-state index >= 15 is 0 Å². The van der Waals surface area contributed by atoms with Gasteiger partial charge in [-0.25, -0.2) is 0 Å². The third-order valence-corrected chi connectivity index (χ3v) is 3.57. The largest absolute Gasteiger partial charge is 0.418 e. The first-order valence-corrected chi connectivity index (χ1v) is 6.09. The average Bonchev–Trinajstić information content (AvgIpc) is 2.32. The van der Waals surface area contributed by atoms with Crippen molar-refractivity contribution >= 4 is 5.69 Å². The normalized spacial score (nSPS) is 25.3. The number of benzene rings is 1. The van der Waals surface area contributed by atoms with Crippen LogP contribution in [0.15, 0.2) is 24.3 Å². The lowest BCUT2D eigenvalue weighted by Gasteiger charge is -2.40. The van der Waals surface area contributed by atoms with Crippen LogP contribution in [-0.2, 0) is 6.18 Å². The Morgan fingerprint density at radius 2 is 1.94 bits per heavy atom. The minimum atomic E-state index is -4.32. The van der Waals surface area contributed by atoms with Crippen molar-refractivity contribution in [2.24, 2.45) is 5.73 Å². The maximum Gasteiger partial charge on any atom is 0.418 e. The number of anilines is 1. The highest BCUT2D eigenvalue weighted by Crippen LogP contribution is 2.38. The van der Waals surface area contributed by atoms with Gasteiger partial charge in [0.25, 0.3) is 0 Å².